The minimum Gasteiger partial charge on any atom is -0.398 e. The van der Waals surface area contributed by atoms with Crippen molar-refractivity contribution >= 4 is 17.4 Å². The molecule has 0 heterocycles. The van der Waals surface area contributed by atoms with Gasteiger partial charge in [0, 0.05) is 15.8 Å². The molecule has 0 saturated carbocycles. The summed E-state index contributed by atoms with van der Waals surface area (Å²) in [4.78, 5) is 1.05. The molecule has 0 saturated heterocycles. The van der Waals surface area contributed by atoms with Crippen molar-refractivity contribution < 1.29 is 5.11 Å². The Kier molecular flexibility index (Phi) is 3.02. The lowest BCUT2D eigenvalue weighted by Crippen LogP contribution is -2.09. The van der Waals surface area contributed by atoms with E-state index in [1.54, 1.807) is 11.8 Å². The van der Waals surface area contributed by atoms with Gasteiger partial charge in [-0.1, -0.05) is 36.4 Å². The Bertz CT molecular complexity index is 570. The van der Waals surface area contributed by atoms with Gasteiger partial charge < -0.3 is 10.8 Å². The predicted octanol–water partition coefficient (Wildman–Crippen LogP) is 3.02. The maximum atomic E-state index is 10.3. The van der Waals surface area contributed by atoms with Crippen LogP contribution in [0.3, 0.4) is 0 Å². The predicted molar refractivity (Wildman–Crippen MR) is 75.6 cm³/mol. The van der Waals surface area contributed by atoms with Crippen molar-refractivity contribution in [1.29, 1.82) is 0 Å². The normalized spacial score (nSPS) is 21.8. The minimum absolute atomic E-state index is 0.159. The van der Waals surface area contributed by atoms with Gasteiger partial charge >= 0.3 is 0 Å². The molecule has 0 bridgehead atoms. The highest BCUT2D eigenvalue weighted by molar-refractivity contribution is 8.00. The molecular formula is C15H15NOS. The standard InChI is InChI=1S/C15H15NOS/c16-12-7-3-4-8-13(12)18-14-9-10-5-1-2-6-11(10)15(14)17/h1-8,14-15,17H,9,16H2/t14-,15-/m0/s1. The molecule has 0 aliphatic heterocycles. The average molecular weight is 257 g/mol. The first-order chi connectivity index (χ1) is 8.75. The highest BCUT2D eigenvalue weighted by Crippen LogP contribution is 2.42. The van der Waals surface area contributed by atoms with E-state index in [2.05, 4.69) is 6.07 Å². The van der Waals surface area contributed by atoms with E-state index in [9.17, 15) is 5.11 Å². The second-order valence-corrected chi connectivity index (χ2v) is 5.82. The first-order valence-electron chi connectivity index (χ1n) is 6.03. The molecule has 3 heteroatoms. The maximum Gasteiger partial charge on any atom is 0.0917 e. The van der Waals surface area contributed by atoms with Crippen LogP contribution in [-0.4, -0.2) is 10.4 Å². The number of anilines is 1. The number of hydrogen-bond acceptors (Lipinski definition) is 3. The fraction of sp³-hybridized carbons (Fsp3) is 0.200. The van der Waals surface area contributed by atoms with Crippen LogP contribution in [0.2, 0.25) is 0 Å². The highest BCUT2D eigenvalue weighted by Gasteiger charge is 2.31. The second kappa shape index (κ2) is 4.67. The topological polar surface area (TPSA) is 46.2 Å². The lowest BCUT2D eigenvalue weighted by atomic mass is 10.1. The van der Waals surface area contributed by atoms with Crippen molar-refractivity contribution in [3.05, 3.63) is 59.7 Å². The Morgan fingerprint density at radius 3 is 2.56 bits per heavy atom. The van der Waals surface area contributed by atoms with E-state index in [-0.39, 0.29) is 5.25 Å². The quantitative estimate of drug-likeness (QED) is 0.813. The molecule has 1 aliphatic rings. The van der Waals surface area contributed by atoms with Crippen LogP contribution in [0.25, 0.3) is 0 Å². The van der Waals surface area contributed by atoms with Gasteiger partial charge in [-0.25, -0.2) is 0 Å². The van der Waals surface area contributed by atoms with Gasteiger partial charge in [0.1, 0.15) is 0 Å². The molecule has 3 rings (SSSR count). The monoisotopic (exact) mass is 257 g/mol. The van der Waals surface area contributed by atoms with Crippen molar-refractivity contribution in [1.82, 2.24) is 0 Å². The molecule has 1 aliphatic carbocycles. The largest absolute Gasteiger partial charge is 0.398 e. The Balaban J connectivity index is 1.83. The molecule has 0 spiro atoms. The van der Waals surface area contributed by atoms with Crippen LogP contribution in [0.15, 0.2) is 53.4 Å². The third-order valence-corrected chi connectivity index (χ3v) is 4.70. The fourth-order valence-electron chi connectivity index (χ4n) is 2.39. The number of hydrogen-bond donors (Lipinski definition) is 2. The van der Waals surface area contributed by atoms with Gasteiger partial charge in [0.05, 0.1) is 6.10 Å². The molecule has 0 radical (unpaired) electrons. The van der Waals surface area contributed by atoms with Crippen molar-refractivity contribution in [2.75, 3.05) is 5.73 Å². The Morgan fingerprint density at radius 2 is 1.78 bits per heavy atom. The number of thioether (sulfide) groups is 1. The molecule has 2 atom stereocenters. The summed E-state index contributed by atoms with van der Waals surface area (Å²) >= 11 is 1.67. The number of nitrogens with two attached hydrogens (primary N) is 1. The van der Waals surface area contributed by atoms with Crippen molar-refractivity contribution in [2.24, 2.45) is 0 Å². The third-order valence-electron chi connectivity index (χ3n) is 3.34. The smallest absolute Gasteiger partial charge is 0.0917 e. The fourth-order valence-corrected chi connectivity index (χ4v) is 3.62. The summed E-state index contributed by atoms with van der Waals surface area (Å²) in [7, 11) is 0. The zero-order chi connectivity index (χ0) is 12.5. The molecule has 0 fully saturated rings. The van der Waals surface area contributed by atoms with Gasteiger partial charge in [0.15, 0.2) is 0 Å². The summed E-state index contributed by atoms with van der Waals surface area (Å²) in [5.41, 5.74) is 9.04. The van der Waals surface area contributed by atoms with Gasteiger partial charge in [0.2, 0.25) is 0 Å². The van der Waals surface area contributed by atoms with Crippen LogP contribution in [0.5, 0.6) is 0 Å². The van der Waals surface area contributed by atoms with Crippen molar-refractivity contribution in [3.63, 3.8) is 0 Å². The summed E-state index contributed by atoms with van der Waals surface area (Å²) in [5, 5.41) is 10.5. The van der Waals surface area contributed by atoms with Crippen LogP contribution in [0.4, 0.5) is 5.69 Å². The van der Waals surface area contributed by atoms with Crippen LogP contribution < -0.4 is 5.73 Å². The molecule has 18 heavy (non-hydrogen) atoms. The molecule has 92 valence electrons. The molecular weight excluding hydrogens is 242 g/mol. The van der Waals surface area contributed by atoms with Crippen LogP contribution in [-0.2, 0) is 6.42 Å². The Hall–Kier alpha value is -1.45. The molecule has 2 aromatic carbocycles. The summed E-state index contributed by atoms with van der Waals surface area (Å²) in [6, 6.07) is 15.9. The van der Waals surface area contributed by atoms with E-state index in [0.29, 0.717) is 0 Å². The molecule has 0 amide bonds. The molecule has 2 nitrogen and oxygen atoms in total. The second-order valence-electron chi connectivity index (χ2n) is 4.54. The number of rotatable bonds is 2. The van der Waals surface area contributed by atoms with Gasteiger partial charge in [-0.3, -0.25) is 0 Å². The van der Waals surface area contributed by atoms with E-state index < -0.39 is 6.10 Å². The molecule has 3 N–H and O–H groups in total. The molecule has 0 unspecified atom stereocenters. The van der Waals surface area contributed by atoms with E-state index in [1.165, 1.54) is 5.56 Å². The number of fused-ring (bicyclic) bond motifs is 1. The summed E-state index contributed by atoms with van der Waals surface area (Å²) < 4.78 is 0. The minimum atomic E-state index is -0.397. The Labute approximate surface area is 111 Å². The Morgan fingerprint density at radius 1 is 1.06 bits per heavy atom. The average Bonchev–Trinajstić information content (AvgIpc) is 2.70. The maximum absolute atomic E-state index is 10.3. The lowest BCUT2D eigenvalue weighted by molar-refractivity contribution is 0.185. The molecule has 2 aromatic rings. The van der Waals surface area contributed by atoms with Gasteiger partial charge in [-0.05, 0) is 29.7 Å². The lowest BCUT2D eigenvalue weighted by Gasteiger charge is -2.15. The zero-order valence-electron chi connectivity index (χ0n) is 9.91. The SMILES string of the molecule is Nc1ccccc1S[C@H]1Cc2ccccc2[C@@H]1O. The number of aliphatic hydroxyl groups excluding tert-OH is 1. The van der Waals surface area contributed by atoms with Crippen LogP contribution >= 0.6 is 11.8 Å². The van der Waals surface area contributed by atoms with Crippen molar-refractivity contribution in [2.45, 2.75) is 22.7 Å². The van der Waals surface area contributed by atoms with E-state index >= 15 is 0 Å². The summed E-state index contributed by atoms with van der Waals surface area (Å²) in [5.74, 6) is 0. The van der Waals surface area contributed by atoms with Gasteiger partial charge in [-0.15, -0.1) is 11.8 Å². The van der Waals surface area contributed by atoms with Crippen molar-refractivity contribution in [3.8, 4) is 0 Å². The molecule has 0 aromatic heterocycles. The van der Waals surface area contributed by atoms with Gasteiger partial charge in [0.25, 0.3) is 0 Å². The number of nitrogen functional groups attached to an aromatic ring is 1. The highest BCUT2D eigenvalue weighted by atomic mass is 32.2. The summed E-state index contributed by atoms with van der Waals surface area (Å²) in [6.45, 7) is 0. The third kappa shape index (κ3) is 2.00. The zero-order valence-corrected chi connectivity index (χ0v) is 10.7. The van der Waals surface area contributed by atoms with Crippen LogP contribution in [0.1, 0.15) is 17.2 Å². The summed E-state index contributed by atoms with van der Waals surface area (Å²) in [6.07, 6.45) is 0.502. The van der Waals surface area contributed by atoms with Crippen LogP contribution in [0, 0.1) is 0 Å². The number of benzene rings is 2. The van der Waals surface area contributed by atoms with E-state index in [4.69, 9.17) is 5.73 Å². The van der Waals surface area contributed by atoms with E-state index in [0.717, 1.165) is 22.6 Å². The van der Waals surface area contributed by atoms with Gasteiger partial charge in [-0.2, -0.15) is 0 Å². The first-order valence-corrected chi connectivity index (χ1v) is 6.90. The number of aliphatic hydroxyl groups is 1. The number of para-hydroxylation sites is 1. The first kappa shape index (κ1) is 11.6. The van der Waals surface area contributed by atoms with E-state index in [1.807, 2.05) is 42.5 Å².